The van der Waals surface area contributed by atoms with Crippen LogP contribution in [0.3, 0.4) is 0 Å². The van der Waals surface area contributed by atoms with E-state index in [1.807, 2.05) is 0 Å². The normalized spacial score (nSPS) is 10.4. The van der Waals surface area contributed by atoms with Crippen LogP contribution < -0.4 is 10.6 Å². The molecule has 0 saturated carbocycles. The number of carbonyl (C=O) groups excluding carboxylic acids is 2. The van der Waals surface area contributed by atoms with Gasteiger partial charge in [-0.05, 0) is 42.5 Å². The lowest BCUT2D eigenvalue weighted by atomic mass is 10.2. The van der Waals surface area contributed by atoms with Gasteiger partial charge in [-0.15, -0.1) is 50.5 Å². The van der Waals surface area contributed by atoms with Gasteiger partial charge < -0.3 is 10.6 Å². The standard InChI is InChI=1S/C20H16N2O2S4/c23-19(13-6-2-8-15(25)17(13)27)21-11-4-1-5-12(10-11)22-20(24)14-7-3-9-16(26)18(14)28/h1-10,25-28H,(H,21,23)(H,22,24). The van der Waals surface area contributed by atoms with E-state index in [-0.39, 0.29) is 11.8 Å². The van der Waals surface area contributed by atoms with Gasteiger partial charge in [0.2, 0.25) is 0 Å². The molecule has 0 aliphatic heterocycles. The van der Waals surface area contributed by atoms with Crippen LogP contribution in [0.5, 0.6) is 0 Å². The quantitative estimate of drug-likeness (QED) is 0.308. The minimum atomic E-state index is -0.315. The molecule has 0 aromatic heterocycles. The average molecular weight is 445 g/mol. The van der Waals surface area contributed by atoms with E-state index in [9.17, 15) is 9.59 Å². The van der Waals surface area contributed by atoms with Crippen LogP contribution in [0, 0.1) is 0 Å². The van der Waals surface area contributed by atoms with Gasteiger partial charge in [-0.1, -0.05) is 18.2 Å². The van der Waals surface area contributed by atoms with Crippen LogP contribution in [-0.2, 0) is 0 Å². The van der Waals surface area contributed by atoms with Gasteiger partial charge in [-0.2, -0.15) is 0 Å². The summed E-state index contributed by atoms with van der Waals surface area (Å²) >= 11 is 17.2. The number of anilines is 2. The van der Waals surface area contributed by atoms with Crippen molar-refractivity contribution in [3.8, 4) is 0 Å². The molecule has 0 spiro atoms. The van der Waals surface area contributed by atoms with Crippen molar-refractivity contribution in [2.75, 3.05) is 10.6 Å². The fourth-order valence-electron chi connectivity index (χ4n) is 2.50. The lowest BCUT2D eigenvalue weighted by Gasteiger charge is -2.11. The average Bonchev–Trinajstić information content (AvgIpc) is 2.66. The summed E-state index contributed by atoms with van der Waals surface area (Å²) in [5, 5.41) is 5.60. The largest absolute Gasteiger partial charge is 0.322 e. The molecule has 0 saturated heterocycles. The number of amides is 2. The van der Waals surface area contributed by atoms with Gasteiger partial charge in [0.1, 0.15) is 0 Å². The molecule has 4 nitrogen and oxygen atoms in total. The molecule has 142 valence electrons. The minimum absolute atomic E-state index is 0.315. The van der Waals surface area contributed by atoms with E-state index >= 15 is 0 Å². The Hall–Kier alpha value is -2.00. The molecule has 0 radical (unpaired) electrons. The Balaban J connectivity index is 1.77. The van der Waals surface area contributed by atoms with E-state index in [2.05, 4.69) is 61.1 Å². The molecule has 0 fully saturated rings. The molecule has 0 atom stereocenters. The van der Waals surface area contributed by atoms with Gasteiger partial charge >= 0.3 is 0 Å². The highest BCUT2D eigenvalue weighted by Gasteiger charge is 2.14. The Labute approximate surface area is 184 Å². The van der Waals surface area contributed by atoms with Crippen LogP contribution >= 0.6 is 50.5 Å². The zero-order valence-corrected chi connectivity index (χ0v) is 18.0. The van der Waals surface area contributed by atoms with E-state index in [0.29, 0.717) is 42.1 Å². The smallest absolute Gasteiger partial charge is 0.256 e. The third-order valence-electron chi connectivity index (χ3n) is 3.90. The van der Waals surface area contributed by atoms with Gasteiger partial charge in [0.15, 0.2) is 0 Å². The first-order valence-electron chi connectivity index (χ1n) is 8.11. The summed E-state index contributed by atoms with van der Waals surface area (Å²) < 4.78 is 0. The van der Waals surface area contributed by atoms with Crippen molar-refractivity contribution in [3.63, 3.8) is 0 Å². The monoisotopic (exact) mass is 444 g/mol. The van der Waals surface area contributed by atoms with E-state index in [1.165, 1.54) is 0 Å². The zero-order chi connectivity index (χ0) is 20.3. The second-order valence-electron chi connectivity index (χ2n) is 5.84. The first-order chi connectivity index (χ1) is 13.4. The van der Waals surface area contributed by atoms with E-state index in [4.69, 9.17) is 0 Å². The third kappa shape index (κ3) is 4.70. The second-order valence-corrected chi connectivity index (χ2v) is 7.69. The van der Waals surface area contributed by atoms with Crippen LogP contribution in [-0.4, -0.2) is 11.8 Å². The van der Waals surface area contributed by atoms with E-state index in [1.54, 1.807) is 60.7 Å². The van der Waals surface area contributed by atoms with Crippen molar-refractivity contribution in [3.05, 3.63) is 71.8 Å². The van der Waals surface area contributed by atoms with Crippen molar-refractivity contribution in [2.45, 2.75) is 19.6 Å². The predicted molar refractivity (Wildman–Crippen MR) is 124 cm³/mol. The lowest BCUT2D eigenvalue weighted by Crippen LogP contribution is -2.15. The highest BCUT2D eigenvalue weighted by Crippen LogP contribution is 2.25. The maximum Gasteiger partial charge on any atom is 0.256 e. The Morgan fingerprint density at radius 2 is 1.00 bits per heavy atom. The number of hydrogen-bond acceptors (Lipinski definition) is 6. The summed E-state index contributed by atoms with van der Waals surface area (Å²) in [7, 11) is 0. The summed E-state index contributed by atoms with van der Waals surface area (Å²) in [6.45, 7) is 0. The number of hydrogen-bond donors (Lipinski definition) is 6. The second kappa shape index (κ2) is 9.00. The van der Waals surface area contributed by atoms with Crippen LogP contribution in [0.4, 0.5) is 11.4 Å². The molecule has 0 bridgehead atoms. The number of thiol groups is 4. The molecule has 28 heavy (non-hydrogen) atoms. The van der Waals surface area contributed by atoms with Gasteiger partial charge in [0, 0.05) is 31.0 Å². The maximum atomic E-state index is 12.5. The van der Waals surface area contributed by atoms with Crippen molar-refractivity contribution >= 4 is 73.7 Å². The molecule has 0 heterocycles. The fraction of sp³-hybridized carbons (Fsp3) is 0. The molecular formula is C20H16N2O2S4. The van der Waals surface area contributed by atoms with E-state index in [0.717, 1.165) is 0 Å². The first kappa shape index (κ1) is 20.7. The van der Waals surface area contributed by atoms with Gasteiger partial charge in [0.25, 0.3) is 11.8 Å². The maximum absolute atomic E-state index is 12.5. The lowest BCUT2D eigenvalue weighted by molar-refractivity contribution is 0.101. The van der Waals surface area contributed by atoms with Crippen molar-refractivity contribution < 1.29 is 9.59 Å². The summed E-state index contributed by atoms with van der Waals surface area (Å²) in [6, 6.07) is 17.2. The van der Waals surface area contributed by atoms with Crippen molar-refractivity contribution in [1.82, 2.24) is 0 Å². The zero-order valence-electron chi connectivity index (χ0n) is 14.4. The third-order valence-corrected chi connectivity index (χ3v) is 5.96. The molecule has 3 aromatic rings. The number of benzene rings is 3. The topological polar surface area (TPSA) is 58.2 Å². The Morgan fingerprint density at radius 3 is 1.43 bits per heavy atom. The van der Waals surface area contributed by atoms with Gasteiger partial charge in [0.05, 0.1) is 11.1 Å². The molecule has 2 amide bonds. The van der Waals surface area contributed by atoms with Gasteiger partial charge in [-0.25, -0.2) is 0 Å². The van der Waals surface area contributed by atoms with Crippen LogP contribution in [0.1, 0.15) is 20.7 Å². The Bertz CT molecular complexity index is 989. The SMILES string of the molecule is O=C(Nc1cccc(NC(=O)c2cccc(S)c2S)c1)c1cccc(S)c1S. The fourth-order valence-corrected chi connectivity index (χ4v) is 3.41. The molecule has 0 aliphatic carbocycles. The minimum Gasteiger partial charge on any atom is -0.322 e. The summed E-state index contributed by atoms with van der Waals surface area (Å²) in [6.07, 6.45) is 0. The number of nitrogens with one attached hydrogen (secondary N) is 2. The van der Waals surface area contributed by atoms with Gasteiger partial charge in [-0.3, -0.25) is 9.59 Å². The Kier molecular flexibility index (Phi) is 6.66. The van der Waals surface area contributed by atoms with Crippen LogP contribution in [0.25, 0.3) is 0 Å². The molecular weight excluding hydrogens is 429 g/mol. The number of rotatable bonds is 4. The van der Waals surface area contributed by atoms with Crippen LogP contribution in [0.15, 0.2) is 80.2 Å². The first-order valence-corrected chi connectivity index (χ1v) is 9.90. The molecule has 0 unspecified atom stereocenters. The predicted octanol–water partition coefficient (Wildman–Crippen LogP) is 5.35. The molecule has 2 N–H and O–H groups in total. The molecule has 8 heteroatoms. The molecule has 3 aromatic carbocycles. The highest BCUT2D eigenvalue weighted by molar-refractivity contribution is 7.84. The molecule has 3 rings (SSSR count). The molecule has 0 aliphatic rings. The van der Waals surface area contributed by atoms with Crippen LogP contribution in [0.2, 0.25) is 0 Å². The van der Waals surface area contributed by atoms with Crippen molar-refractivity contribution in [2.24, 2.45) is 0 Å². The summed E-state index contributed by atoms with van der Waals surface area (Å²) in [5.74, 6) is -0.630. The number of carbonyl (C=O) groups is 2. The van der Waals surface area contributed by atoms with E-state index < -0.39 is 0 Å². The highest BCUT2D eigenvalue weighted by atomic mass is 32.1. The summed E-state index contributed by atoms with van der Waals surface area (Å²) in [4.78, 5) is 27.3. The Morgan fingerprint density at radius 1 is 0.607 bits per heavy atom. The van der Waals surface area contributed by atoms with Crippen molar-refractivity contribution in [1.29, 1.82) is 0 Å². The summed E-state index contributed by atoms with van der Waals surface area (Å²) in [5.41, 5.74) is 1.90.